The second-order valence-electron chi connectivity index (χ2n) is 6.75. The van der Waals surface area contributed by atoms with Gasteiger partial charge in [0.2, 0.25) is 10.0 Å². The Bertz CT molecular complexity index is 887. The fraction of sp³-hybridized carbons (Fsp3) is 0.444. The Morgan fingerprint density at radius 1 is 1.22 bits per heavy atom. The van der Waals surface area contributed by atoms with Gasteiger partial charge in [-0.15, -0.1) is 0 Å². The van der Waals surface area contributed by atoms with Crippen LogP contribution in [-0.4, -0.2) is 59.9 Å². The van der Waals surface area contributed by atoms with E-state index in [-0.39, 0.29) is 16.6 Å². The zero-order valence-electron chi connectivity index (χ0n) is 15.2. The Morgan fingerprint density at radius 3 is 2.48 bits per heavy atom. The van der Waals surface area contributed by atoms with E-state index < -0.39 is 16.0 Å². The third-order valence-corrected chi connectivity index (χ3v) is 6.33. The Morgan fingerprint density at radius 2 is 1.89 bits per heavy atom. The minimum absolute atomic E-state index is 0.0570. The predicted octanol–water partition coefficient (Wildman–Crippen LogP) is 1.33. The molecule has 8 nitrogen and oxygen atoms in total. The molecule has 2 aromatic rings. The molecule has 0 bridgehead atoms. The number of rotatable bonds is 7. The lowest BCUT2D eigenvalue weighted by Crippen LogP contribution is -2.45. The van der Waals surface area contributed by atoms with Crippen LogP contribution in [0.15, 0.2) is 41.3 Å². The topological polar surface area (TPSA) is 105 Å². The maximum absolute atomic E-state index is 12.4. The largest absolute Gasteiger partial charge is 0.476 e. The molecule has 0 atom stereocenters. The average Bonchev–Trinajstić information content (AvgIpc) is 3.03. The lowest BCUT2D eigenvalue weighted by molar-refractivity contribution is 0.0689. The molecule has 2 heterocycles. The molecule has 0 saturated carbocycles. The lowest BCUT2D eigenvalue weighted by Gasteiger charge is -2.32. The minimum Gasteiger partial charge on any atom is -0.476 e. The van der Waals surface area contributed by atoms with Crippen molar-refractivity contribution in [3.63, 3.8) is 0 Å². The molecule has 1 aliphatic heterocycles. The fourth-order valence-corrected chi connectivity index (χ4v) is 4.56. The summed E-state index contributed by atoms with van der Waals surface area (Å²) in [5.74, 6) is -1.02. The number of benzene rings is 1. The van der Waals surface area contributed by atoms with Crippen LogP contribution in [0.25, 0.3) is 0 Å². The highest BCUT2D eigenvalue weighted by Crippen LogP contribution is 2.15. The van der Waals surface area contributed by atoms with Gasteiger partial charge in [-0.25, -0.2) is 17.9 Å². The van der Waals surface area contributed by atoms with E-state index in [0.29, 0.717) is 6.54 Å². The molecule has 0 spiro atoms. The van der Waals surface area contributed by atoms with E-state index in [1.54, 1.807) is 41.1 Å². The first-order valence-corrected chi connectivity index (χ1v) is 10.4. The minimum atomic E-state index is -3.48. The number of aromatic carboxylic acids is 1. The van der Waals surface area contributed by atoms with Crippen LogP contribution >= 0.6 is 0 Å². The number of piperidine rings is 1. The standard InChI is InChI=1S/C18H24N4O4S/c1-14-13-17(18(23)24)19-22(14)12-11-21-9-7-15(8-10-21)20-27(25,26)16-5-3-2-4-6-16/h2-6,13,15,20H,7-12H2,1H3,(H,23,24). The van der Waals surface area contributed by atoms with Crippen molar-refractivity contribution in [3.8, 4) is 0 Å². The van der Waals surface area contributed by atoms with Gasteiger partial charge in [0.1, 0.15) is 0 Å². The Balaban J connectivity index is 1.49. The van der Waals surface area contributed by atoms with Gasteiger partial charge in [0.15, 0.2) is 5.69 Å². The van der Waals surface area contributed by atoms with Crippen LogP contribution < -0.4 is 4.72 Å². The van der Waals surface area contributed by atoms with Gasteiger partial charge in [-0.3, -0.25) is 4.68 Å². The smallest absolute Gasteiger partial charge is 0.356 e. The molecular formula is C18H24N4O4S. The van der Waals surface area contributed by atoms with Gasteiger partial charge in [-0.2, -0.15) is 5.10 Å². The van der Waals surface area contributed by atoms with Crippen LogP contribution in [0, 0.1) is 6.92 Å². The highest BCUT2D eigenvalue weighted by Gasteiger charge is 2.24. The maximum atomic E-state index is 12.4. The molecule has 1 saturated heterocycles. The molecular weight excluding hydrogens is 368 g/mol. The fourth-order valence-electron chi connectivity index (χ4n) is 3.24. The van der Waals surface area contributed by atoms with E-state index in [4.69, 9.17) is 5.11 Å². The van der Waals surface area contributed by atoms with Crippen molar-refractivity contribution in [2.24, 2.45) is 0 Å². The first-order chi connectivity index (χ1) is 12.8. The van der Waals surface area contributed by atoms with Crippen LogP contribution in [0.4, 0.5) is 0 Å². The summed E-state index contributed by atoms with van der Waals surface area (Å²) >= 11 is 0. The number of carbonyl (C=O) groups is 1. The van der Waals surface area contributed by atoms with Gasteiger partial charge >= 0.3 is 5.97 Å². The summed E-state index contributed by atoms with van der Waals surface area (Å²) in [6, 6.07) is 9.89. The van der Waals surface area contributed by atoms with Crippen molar-refractivity contribution in [1.29, 1.82) is 0 Å². The van der Waals surface area contributed by atoms with Crippen molar-refractivity contribution in [3.05, 3.63) is 47.8 Å². The summed E-state index contributed by atoms with van der Waals surface area (Å²) in [5.41, 5.74) is 0.874. The van der Waals surface area contributed by atoms with E-state index in [0.717, 1.165) is 38.2 Å². The molecule has 0 amide bonds. The van der Waals surface area contributed by atoms with Crippen molar-refractivity contribution < 1.29 is 18.3 Å². The van der Waals surface area contributed by atoms with Gasteiger partial charge in [0.25, 0.3) is 0 Å². The first-order valence-electron chi connectivity index (χ1n) is 8.92. The molecule has 0 unspecified atom stereocenters. The summed E-state index contributed by atoms with van der Waals surface area (Å²) < 4.78 is 29.3. The third kappa shape index (κ3) is 4.94. The number of likely N-dealkylation sites (tertiary alicyclic amines) is 1. The molecule has 1 aromatic carbocycles. The molecule has 9 heteroatoms. The first kappa shape index (κ1) is 19.5. The molecule has 27 heavy (non-hydrogen) atoms. The predicted molar refractivity (Wildman–Crippen MR) is 100 cm³/mol. The van der Waals surface area contributed by atoms with E-state index in [9.17, 15) is 13.2 Å². The zero-order chi connectivity index (χ0) is 19.4. The maximum Gasteiger partial charge on any atom is 0.356 e. The second-order valence-corrected chi connectivity index (χ2v) is 8.46. The number of aryl methyl sites for hydroxylation is 1. The molecule has 3 rings (SSSR count). The van der Waals surface area contributed by atoms with E-state index in [1.807, 2.05) is 6.92 Å². The number of sulfonamides is 1. The van der Waals surface area contributed by atoms with E-state index >= 15 is 0 Å². The van der Waals surface area contributed by atoms with Crippen LogP contribution in [0.3, 0.4) is 0 Å². The highest BCUT2D eigenvalue weighted by molar-refractivity contribution is 7.89. The van der Waals surface area contributed by atoms with Gasteiger partial charge in [-0.05, 0) is 51.1 Å². The van der Waals surface area contributed by atoms with Crippen LogP contribution in [0.2, 0.25) is 0 Å². The number of hydrogen-bond acceptors (Lipinski definition) is 5. The van der Waals surface area contributed by atoms with Crippen molar-refractivity contribution >= 4 is 16.0 Å². The Kier molecular flexibility index (Phi) is 5.93. The van der Waals surface area contributed by atoms with Crippen molar-refractivity contribution in [2.45, 2.75) is 37.2 Å². The van der Waals surface area contributed by atoms with Crippen LogP contribution in [0.5, 0.6) is 0 Å². The lowest BCUT2D eigenvalue weighted by atomic mass is 10.1. The number of nitrogens with one attached hydrogen (secondary N) is 1. The molecule has 1 aromatic heterocycles. The van der Waals surface area contributed by atoms with E-state index in [1.165, 1.54) is 0 Å². The Labute approximate surface area is 158 Å². The summed E-state index contributed by atoms with van der Waals surface area (Å²) in [6.07, 6.45) is 1.48. The van der Waals surface area contributed by atoms with Gasteiger partial charge < -0.3 is 10.0 Å². The number of carboxylic acid groups (broad SMARTS) is 1. The quantitative estimate of drug-likeness (QED) is 0.737. The number of nitrogens with zero attached hydrogens (tertiary/aromatic N) is 3. The number of aromatic nitrogens is 2. The zero-order valence-corrected chi connectivity index (χ0v) is 16.0. The third-order valence-electron chi connectivity index (χ3n) is 4.79. The second kappa shape index (κ2) is 8.20. The van der Waals surface area contributed by atoms with E-state index in [2.05, 4.69) is 14.7 Å². The van der Waals surface area contributed by atoms with Crippen molar-refractivity contribution in [2.75, 3.05) is 19.6 Å². The summed E-state index contributed by atoms with van der Waals surface area (Å²) in [5, 5.41) is 13.1. The number of hydrogen-bond donors (Lipinski definition) is 2. The molecule has 1 aliphatic rings. The van der Waals surface area contributed by atoms with Crippen LogP contribution in [-0.2, 0) is 16.6 Å². The summed E-state index contributed by atoms with van der Waals surface area (Å²) in [7, 11) is -3.48. The normalized spacial score (nSPS) is 16.5. The Hall–Kier alpha value is -2.23. The molecule has 1 fully saturated rings. The van der Waals surface area contributed by atoms with Gasteiger partial charge in [0.05, 0.1) is 11.4 Å². The van der Waals surface area contributed by atoms with Gasteiger partial charge in [0, 0.05) is 18.3 Å². The summed E-state index contributed by atoms with van der Waals surface area (Å²) in [4.78, 5) is 13.5. The molecule has 0 aliphatic carbocycles. The average molecular weight is 392 g/mol. The molecule has 0 radical (unpaired) electrons. The van der Waals surface area contributed by atoms with Gasteiger partial charge in [-0.1, -0.05) is 18.2 Å². The van der Waals surface area contributed by atoms with Crippen LogP contribution in [0.1, 0.15) is 29.0 Å². The summed E-state index contributed by atoms with van der Waals surface area (Å²) in [6.45, 7) is 4.77. The molecule has 2 N–H and O–H groups in total. The number of carboxylic acids is 1. The van der Waals surface area contributed by atoms with Crippen molar-refractivity contribution in [1.82, 2.24) is 19.4 Å². The highest BCUT2D eigenvalue weighted by atomic mass is 32.2. The molecule has 146 valence electrons. The monoisotopic (exact) mass is 392 g/mol. The SMILES string of the molecule is Cc1cc(C(=O)O)nn1CCN1CCC(NS(=O)(=O)c2ccccc2)CC1.